The van der Waals surface area contributed by atoms with Crippen LogP contribution in [0.3, 0.4) is 0 Å². The summed E-state index contributed by atoms with van der Waals surface area (Å²) in [4.78, 5) is 24.6. The van der Waals surface area contributed by atoms with E-state index in [0.29, 0.717) is 11.5 Å². The number of esters is 2. The Hall–Kier alpha value is -5.30. The van der Waals surface area contributed by atoms with Gasteiger partial charge in [-0.3, -0.25) is 0 Å². The summed E-state index contributed by atoms with van der Waals surface area (Å²) in [6.45, 7) is 6.30. The first-order valence-corrected chi connectivity index (χ1v) is 12.1. The molecule has 0 aliphatic carbocycles. The van der Waals surface area contributed by atoms with E-state index < -0.39 is 11.9 Å². The molecule has 7 nitrogen and oxygen atoms in total. The molecule has 0 spiro atoms. The monoisotopic (exact) mass is 521 g/mol. The number of rotatable bonds is 12. The molecule has 0 heterocycles. The van der Waals surface area contributed by atoms with Crippen molar-refractivity contribution < 1.29 is 28.5 Å². The number of hydrogen-bond acceptors (Lipinski definition) is 7. The normalized spacial score (nSPS) is 10.2. The first-order chi connectivity index (χ1) is 19.1. The standard InChI is InChI=1S/C32H27NO6/c1-3-31(34)38-22-36-29-18-14-27(15-19-29)33(26-12-10-25(11-13-26)24-8-6-5-7-9-24)28-16-20-30(21-17-28)37-23-39-32(35)4-2/h3-21H,1-2,22-23H2. The van der Waals surface area contributed by atoms with Gasteiger partial charge in [-0.25, -0.2) is 9.59 Å². The molecule has 4 aromatic rings. The third-order valence-corrected chi connectivity index (χ3v) is 5.61. The van der Waals surface area contributed by atoms with Gasteiger partial charge in [0.05, 0.1) is 0 Å². The van der Waals surface area contributed by atoms with Crippen LogP contribution in [-0.4, -0.2) is 25.5 Å². The van der Waals surface area contributed by atoms with Gasteiger partial charge >= 0.3 is 11.9 Å². The van der Waals surface area contributed by atoms with Crippen LogP contribution in [0.2, 0.25) is 0 Å². The van der Waals surface area contributed by atoms with E-state index in [-0.39, 0.29) is 13.6 Å². The maximum Gasteiger partial charge on any atom is 0.333 e. The molecule has 0 aliphatic rings. The van der Waals surface area contributed by atoms with Crippen LogP contribution in [0.5, 0.6) is 11.5 Å². The fraction of sp³-hybridized carbons (Fsp3) is 0.0625. The van der Waals surface area contributed by atoms with Crippen LogP contribution < -0.4 is 14.4 Å². The summed E-state index contributed by atoms with van der Waals surface area (Å²) in [5, 5.41) is 0. The molecule has 0 radical (unpaired) electrons. The minimum absolute atomic E-state index is 0.210. The number of hydrogen-bond donors (Lipinski definition) is 0. The second kappa shape index (κ2) is 13.3. The van der Waals surface area contributed by atoms with Gasteiger partial charge in [0.2, 0.25) is 13.6 Å². The highest BCUT2D eigenvalue weighted by Gasteiger charge is 2.14. The highest BCUT2D eigenvalue weighted by atomic mass is 16.7. The predicted molar refractivity (Wildman–Crippen MR) is 150 cm³/mol. The number of ether oxygens (including phenoxy) is 4. The summed E-state index contributed by atoms with van der Waals surface area (Å²) in [6.07, 6.45) is 2.16. The zero-order chi connectivity index (χ0) is 27.5. The van der Waals surface area contributed by atoms with Gasteiger partial charge in [-0.05, 0) is 71.8 Å². The number of carbonyl (C=O) groups excluding carboxylic acids is 2. The molecule has 39 heavy (non-hydrogen) atoms. The van der Waals surface area contributed by atoms with Crippen LogP contribution in [-0.2, 0) is 19.1 Å². The first kappa shape index (κ1) is 26.8. The lowest BCUT2D eigenvalue weighted by Crippen LogP contribution is -2.11. The molecule has 0 fully saturated rings. The average Bonchev–Trinajstić information content (AvgIpc) is 2.99. The average molecular weight is 522 g/mol. The van der Waals surface area contributed by atoms with Crippen molar-refractivity contribution in [3.63, 3.8) is 0 Å². The van der Waals surface area contributed by atoms with Crippen molar-refractivity contribution in [2.45, 2.75) is 0 Å². The summed E-state index contributed by atoms with van der Waals surface area (Å²) >= 11 is 0. The van der Waals surface area contributed by atoms with E-state index in [0.717, 1.165) is 40.3 Å². The quantitative estimate of drug-likeness (QED) is 0.113. The van der Waals surface area contributed by atoms with Crippen molar-refractivity contribution in [3.05, 3.63) is 128 Å². The van der Waals surface area contributed by atoms with Crippen LogP contribution in [0.25, 0.3) is 11.1 Å². The van der Waals surface area contributed by atoms with Crippen molar-refractivity contribution in [2.75, 3.05) is 18.5 Å². The Morgan fingerprint density at radius 2 is 0.949 bits per heavy atom. The molecule has 0 saturated carbocycles. The number of nitrogens with zero attached hydrogens (tertiary/aromatic N) is 1. The molecule has 0 unspecified atom stereocenters. The minimum Gasteiger partial charge on any atom is -0.457 e. The third-order valence-electron chi connectivity index (χ3n) is 5.61. The van der Waals surface area contributed by atoms with Crippen molar-refractivity contribution in [1.29, 1.82) is 0 Å². The van der Waals surface area contributed by atoms with Gasteiger partial charge in [0, 0.05) is 29.2 Å². The van der Waals surface area contributed by atoms with Gasteiger partial charge in [0.1, 0.15) is 11.5 Å². The summed E-state index contributed by atoms with van der Waals surface area (Å²) in [5.74, 6) is -0.00769. The summed E-state index contributed by atoms with van der Waals surface area (Å²) in [7, 11) is 0. The molecule has 0 amide bonds. The van der Waals surface area contributed by atoms with Crippen molar-refractivity contribution in [2.24, 2.45) is 0 Å². The molecular formula is C32H27NO6. The zero-order valence-corrected chi connectivity index (χ0v) is 21.2. The molecule has 0 bridgehead atoms. The molecule has 4 rings (SSSR count). The van der Waals surface area contributed by atoms with Crippen LogP contribution in [0.4, 0.5) is 17.1 Å². The highest BCUT2D eigenvalue weighted by Crippen LogP contribution is 2.37. The van der Waals surface area contributed by atoms with Crippen molar-refractivity contribution in [1.82, 2.24) is 0 Å². The van der Waals surface area contributed by atoms with E-state index in [1.807, 2.05) is 42.5 Å². The fourth-order valence-electron chi connectivity index (χ4n) is 3.69. The number of carbonyl (C=O) groups is 2. The second-order valence-corrected chi connectivity index (χ2v) is 8.10. The Labute approximate surface area is 227 Å². The molecule has 4 aromatic carbocycles. The number of benzene rings is 4. The van der Waals surface area contributed by atoms with Crippen molar-refractivity contribution in [3.8, 4) is 22.6 Å². The van der Waals surface area contributed by atoms with Crippen LogP contribution in [0, 0.1) is 0 Å². The molecule has 0 aromatic heterocycles. The Kier molecular flexibility index (Phi) is 9.13. The van der Waals surface area contributed by atoms with Crippen molar-refractivity contribution >= 4 is 29.0 Å². The molecule has 7 heteroatoms. The number of anilines is 3. The van der Waals surface area contributed by atoms with E-state index in [1.165, 1.54) is 0 Å². The van der Waals surface area contributed by atoms with E-state index in [4.69, 9.17) is 18.9 Å². The molecule has 0 aliphatic heterocycles. The lowest BCUT2D eigenvalue weighted by Gasteiger charge is -2.26. The Morgan fingerprint density at radius 3 is 1.36 bits per heavy atom. The smallest absolute Gasteiger partial charge is 0.333 e. The van der Waals surface area contributed by atoms with Gasteiger partial charge in [-0.15, -0.1) is 0 Å². The minimum atomic E-state index is -0.553. The predicted octanol–water partition coefficient (Wildman–Crippen LogP) is 6.95. The maximum absolute atomic E-state index is 11.2. The first-order valence-electron chi connectivity index (χ1n) is 12.1. The Morgan fingerprint density at radius 1 is 0.564 bits per heavy atom. The van der Waals surface area contributed by atoms with E-state index in [2.05, 4.69) is 54.5 Å². The lowest BCUT2D eigenvalue weighted by molar-refractivity contribution is -0.145. The van der Waals surface area contributed by atoms with Gasteiger partial charge in [-0.2, -0.15) is 0 Å². The van der Waals surface area contributed by atoms with E-state index in [1.54, 1.807) is 24.3 Å². The highest BCUT2D eigenvalue weighted by molar-refractivity contribution is 5.81. The summed E-state index contributed by atoms with van der Waals surface area (Å²) < 4.78 is 20.8. The third kappa shape index (κ3) is 7.36. The Bertz CT molecular complexity index is 1330. The molecule has 0 N–H and O–H groups in total. The maximum atomic E-state index is 11.2. The van der Waals surface area contributed by atoms with E-state index in [9.17, 15) is 9.59 Å². The molecule has 0 atom stereocenters. The van der Waals surface area contributed by atoms with Crippen LogP contribution in [0.15, 0.2) is 128 Å². The van der Waals surface area contributed by atoms with Gasteiger partial charge in [-0.1, -0.05) is 55.6 Å². The molecular weight excluding hydrogens is 494 g/mol. The summed E-state index contributed by atoms with van der Waals surface area (Å²) in [6, 6.07) is 33.3. The SMILES string of the molecule is C=CC(=O)OCOc1ccc(N(c2ccc(OCOC(=O)C=C)cc2)c2ccc(-c3ccccc3)cc2)cc1. The van der Waals surface area contributed by atoms with Crippen LogP contribution >= 0.6 is 0 Å². The van der Waals surface area contributed by atoms with E-state index >= 15 is 0 Å². The topological polar surface area (TPSA) is 74.3 Å². The van der Waals surface area contributed by atoms with Gasteiger partial charge in [0.25, 0.3) is 0 Å². The molecule has 0 saturated heterocycles. The van der Waals surface area contributed by atoms with Gasteiger partial charge in [0.15, 0.2) is 0 Å². The largest absolute Gasteiger partial charge is 0.457 e. The lowest BCUT2D eigenvalue weighted by atomic mass is 10.0. The van der Waals surface area contributed by atoms with Crippen LogP contribution in [0.1, 0.15) is 0 Å². The van der Waals surface area contributed by atoms with Gasteiger partial charge < -0.3 is 23.8 Å². The zero-order valence-electron chi connectivity index (χ0n) is 21.2. The summed E-state index contributed by atoms with van der Waals surface area (Å²) in [5.41, 5.74) is 4.94. The Balaban J connectivity index is 1.57. The molecule has 196 valence electrons. The fourth-order valence-corrected chi connectivity index (χ4v) is 3.69. The second-order valence-electron chi connectivity index (χ2n) is 8.10.